The highest BCUT2D eigenvalue weighted by atomic mass is 16.5. The molecule has 0 N–H and O–H groups in total. The zero-order valence-electron chi connectivity index (χ0n) is 17.6. The number of amidine groups is 2. The first kappa shape index (κ1) is 20.3. The summed E-state index contributed by atoms with van der Waals surface area (Å²) in [7, 11) is 0. The first-order valence-corrected chi connectivity index (χ1v) is 9.19. The molecule has 0 saturated heterocycles. The molecule has 2 radical (unpaired) electrons. The first-order chi connectivity index (χ1) is 12.6. The fourth-order valence-electron chi connectivity index (χ4n) is 3.37. The van der Waals surface area contributed by atoms with Crippen molar-refractivity contribution in [3.8, 4) is 0 Å². The Labute approximate surface area is 164 Å². The van der Waals surface area contributed by atoms with E-state index >= 15 is 0 Å². The monoisotopic (exact) mass is 389 g/mol. The second kappa shape index (κ2) is 5.57. The van der Waals surface area contributed by atoms with Gasteiger partial charge in [0.1, 0.15) is 11.1 Å². The molecule has 0 bridgehead atoms. The highest BCUT2D eigenvalue weighted by molar-refractivity contribution is 6.00. The molecule has 3 heterocycles. The van der Waals surface area contributed by atoms with Gasteiger partial charge in [0, 0.05) is 22.8 Å². The molecule has 0 saturated carbocycles. The standard InChI is InChI=1S/C19H27N5O4/c1-16(2)17(3,4)22(26)14(21(16)25)12-9-13(11-20-10-12)15-23(27)18(5,6)19(7,8)24(15)28/h9-11H,1-8H3. The van der Waals surface area contributed by atoms with Gasteiger partial charge in [-0.25, -0.2) is 0 Å². The van der Waals surface area contributed by atoms with Crippen LogP contribution >= 0.6 is 0 Å². The van der Waals surface area contributed by atoms with E-state index in [9.17, 15) is 20.8 Å². The maximum absolute atomic E-state index is 12.9. The van der Waals surface area contributed by atoms with Crippen molar-refractivity contribution in [3.63, 3.8) is 0 Å². The SMILES string of the molecule is CC1(C)N([O])C(c2cncc(C3=[N+]([O-])C(C)(C)C(C)(C)N3[O])c2)=[N+]([O-])C1(C)C. The molecule has 28 heavy (non-hydrogen) atoms. The number of aromatic nitrogens is 1. The Bertz CT molecular complexity index is 832. The van der Waals surface area contributed by atoms with Crippen LogP contribution in [0.1, 0.15) is 66.5 Å². The van der Waals surface area contributed by atoms with Gasteiger partial charge in [-0.3, -0.25) is 14.5 Å². The average molecular weight is 389 g/mol. The van der Waals surface area contributed by atoms with Crippen LogP contribution in [-0.4, -0.2) is 58.4 Å². The van der Waals surface area contributed by atoms with Crippen LogP contribution in [0.15, 0.2) is 18.5 Å². The molecular formula is C19H27N5O4. The molecule has 0 aliphatic carbocycles. The van der Waals surface area contributed by atoms with Crippen LogP contribution in [0.4, 0.5) is 0 Å². The van der Waals surface area contributed by atoms with E-state index in [1.807, 2.05) is 0 Å². The van der Waals surface area contributed by atoms with Crippen molar-refractivity contribution in [1.29, 1.82) is 0 Å². The quantitative estimate of drug-likeness (QED) is 0.567. The molecule has 0 fully saturated rings. The molecule has 0 unspecified atom stereocenters. The molecule has 3 rings (SSSR count). The van der Waals surface area contributed by atoms with Crippen LogP contribution in [0, 0.1) is 10.4 Å². The molecule has 2 aliphatic heterocycles. The molecule has 0 aromatic carbocycles. The second-order valence-corrected chi connectivity index (χ2v) is 9.52. The fourth-order valence-corrected chi connectivity index (χ4v) is 3.37. The summed E-state index contributed by atoms with van der Waals surface area (Å²) in [5.74, 6) is -0.173. The molecule has 0 atom stereocenters. The van der Waals surface area contributed by atoms with E-state index in [1.165, 1.54) is 18.5 Å². The largest absolute Gasteiger partial charge is 0.714 e. The number of nitrogens with zero attached hydrogens (tertiary/aromatic N) is 5. The van der Waals surface area contributed by atoms with Crippen LogP contribution in [0.3, 0.4) is 0 Å². The van der Waals surface area contributed by atoms with Gasteiger partial charge in [0.15, 0.2) is 11.1 Å². The van der Waals surface area contributed by atoms with Gasteiger partial charge < -0.3 is 10.4 Å². The predicted octanol–water partition coefficient (Wildman–Crippen LogP) is 2.03. The van der Waals surface area contributed by atoms with Gasteiger partial charge in [0.25, 0.3) is 0 Å². The van der Waals surface area contributed by atoms with Gasteiger partial charge in [0.2, 0.25) is 0 Å². The van der Waals surface area contributed by atoms with Crippen LogP contribution < -0.4 is 0 Å². The highest BCUT2D eigenvalue weighted by Gasteiger charge is 2.61. The summed E-state index contributed by atoms with van der Waals surface area (Å²) in [6.45, 7) is 13.6. The van der Waals surface area contributed by atoms with Gasteiger partial charge in [-0.1, -0.05) is 10.1 Å². The van der Waals surface area contributed by atoms with Crippen molar-refractivity contribution >= 4 is 11.7 Å². The van der Waals surface area contributed by atoms with E-state index in [1.54, 1.807) is 55.4 Å². The predicted molar refractivity (Wildman–Crippen MR) is 101 cm³/mol. The number of hydrogen-bond acceptors (Lipinski definition) is 5. The lowest BCUT2D eigenvalue weighted by Crippen LogP contribution is -2.53. The summed E-state index contributed by atoms with van der Waals surface area (Å²) < 4.78 is 1.36. The summed E-state index contributed by atoms with van der Waals surface area (Å²) in [6.07, 6.45) is 2.78. The molecule has 1 aromatic heterocycles. The number of rotatable bonds is 2. The lowest BCUT2D eigenvalue weighted by molar-refractivity contribution is -0.539. The Morgan fingerprint density at radius 3 is 1.32 bits per heavy atom. The molecule has 1 aromatic rings. The van der Waals surface area contributed by atoms with E-state index in [4.69, 9.17) is 0 Å². The minimum absolute atomic E-state index is 0.0867. The Morgan fingerprint density at radius 2 is 1.07 bits per heavy atom. The maximum Gasteiger partial charge on any atom is 0.318 e. The van der Waals surface area contributed by atoms with Crippen LogP contribution in [-0.2, 0) is 10.4 Å². The van der Waals surface area contributed by atoms with E-state index < -0.39 is 22.2 Å². The van der Waals surface area contributed by atoms with Crippen molar-refractivity contribution in [3.05, 3.63) is 40.0 Å². The summed E-state index contributed by atoms with van der Waals surface area (Å²) in [5.41, 5.74) is -3.37. The normalized spacial score (nSPS) is 25.1. The third-order valence-electron chi connectivity index (χ3n) is 7.05. The third kappa shape index (κ3) is 2.23. The summed E-state index contributed by atoms with van der Waals surface area (Å²) in [6, 6.07) is 1.50. The summed E-state index contributed by atoms with van der Waals surface area (Å²) >= 11 is 0. The minimum Gasteiger partial charge on any atom is -0.714 e. The van der Waals surface area contributed by atoms with E-state index in [2.05, 4.69) is 4.98 Å². The minimum atomic E-state index is -0.973. The molecule has 152 valence electrons. The Morgan fingerprint density at radius 1 is 0.750 bits per heavy atom. The van der Waals surface area contributed by atoms with Gasteiger partial charge in [0.05, 0.1) is 11.1 Å². The van der Waals surface area contributed by atoms with Crippen molar-refractivity contribution in [2.45, 2.75) is 77.5 Å². The van der Waals surface area contributed by atoms with Crippen molar-refractivity contribution in [2.24, 2.45) is 0 Å². The lowest BCUT2D eigenvalue weighted by atomic mass is 9.84. The Hall–Kier alpha value is -2.39. The fraction of sp³-hybridized carbons (Fsp3) is 0.632. The van der Waals surface area contributed by atoms with Gasteiger partial charge in [-0.2, -0.15) is 0 Å². The topological polar surface area (TPSA) is 111 Å². The number of pyridine rings is 1. The summed E-state index contributed by atoms with van der Waals surface area (Å²) in [4.78, 5) is 4.10. The van der Waals surface area contributed by atoms with Crippen LogP contribution in [0.2, 0.25) is 0 Å². The van der Waals surface area contributed by atoms with E-state index in [0.717, 1.165) is 0 Å². The highest BCUT2D eigenvalue weighted by Crippen LogP contribution is 2.39. The molecule has 0 spiro atoms. The molecule has 9 nitrogen and oxygen atoms in total. The maximum atomic E-state index is 12.9. The first-order valence-electron chi connectivity index (χ1n) is 9.19. The molecule has 0 amide bonds. The van der Waals surface area contributed by atoms with Gasteiger partial charge >= 0.3 is 11.7 Å². The Balaban J connectivity index is 2.16. The lowest BCUT2D eigenvalue weighted by Gasteiger charge is -2.32. The molecular weight excluding hydrogens is 362 g/mol. The number of hydroxylamine groups is 6. The van der Waals surface area contributed by atoms with Crippen molar-refractivity contribution in [2.75, 3.05) is 0 Å². The average Bonchev–Trinajstić information content (AvgIpc) is 2.79. The van der Waals surface area contributed by atoms with Crippen LogP contribution in [0.25, 0.3) is 0 Å². The van der Waals surface area contributed by atoms with E-state index in [0.29, 0.717) is 19.6 Å². The Kier molecular flexibility index (Phi) is 4.05. The third-order valence-corrected chi connectivity index (χ3v) is 7.05. The van der Waals surface area contributed by atoms with Gasteiger partial charge in [-0.15, -0.1) is 0 Å². The van der Waals surface area contributed by atoms with Gasteiger partial charge in [-0.05, 0) is 61.5 Å². The second-order valence-electron chi connectivity index (χ2n) is 9.52. The van der Waals surface area contributed by atoms with Crippen molar-refractivity contribution < 1.29 is 19.9 Å². The zero-order valence-corrected chi connectivity index (χ0v) is 17.6. The number of hydrogen-bond donors (Lipinski definition) is 0. The van der Waals surface area contributed by atoms with E-state index in [-0.39, 0.29) is 22.8 Å². The summed E-state index contributed by atoms with van der Waals surface area (Å²) in [5, 5.41) is 52.9. The molecule has 9 heteroatoms. The zero-order chi connectivity index (χ0) is 21.4. The molecule has 2 aliphatic rings. The smallest absolute Gasteiger partial charge is 0.318 e. The van der Waals surface area contributed by atoms with Crippen LogP contribution in [0.5, 0.6) is 0 Å². The van der Waals surface area contributed by atoms with Crippen molar-refractivity contribution in [1.82, 2.24) is 15.1 Å².